The quantitative estimate of drug-likeness (QED) is 0.223. The van der Waals surface area contributed by atoms with Crippen molar-refractivity contribution in [3.8, 4) is 0 Å². The second kappa shape index (κ2) is 9.95. The van der Waals surface area contributed by atoms with E-state index in [0.29, 0.717) is 0 Å². The number of nitro benzene ring substituents is 1. The Morgan fingerprint density at radius 2 is 1.88 bits per heavy atom. The minimum absolute atomic E-state index is 0.161. The molecule has 90 valence electrons. The average Bonchev–Trinajstić information content (AvgIpc) is 2.17. The first-order valence-electron chi connectivity index (χ1n) is 4.04. The second-order valence-corrected chi connectivity index (χ2v) is 18.7. The second-order valence-electron chi connectivity index (χ2n) is 2.56. The molecule has 16 heavy (non-hydrogen) atoms. The van der Waals surface area contributed by atoms with Gasteiger partial charge < -0.3 is 0 Å². The van der Waals surface area contributed by atoms with Crippen molar-refractivity contribution in [1.82, 2.24) is 0 Å². The zero-order chi connectivity index (χ0) is 12.6. The van der Waals surface area contributed by atoms with E-state index in [4.69, 9.17) is 0 Å². The van der Waals surface area contributed by atoms with Crippen LogP contribution in [0.1, 0.15) is 5.56 Å². The van der Waals surface area contributed by atoms with Crippen LogP contribution < -0.4 is 0 Å². The number of non-ortho nitro benzene ring substituents is 1. The fourth-order valence-electron chi connectivity index (χ4n) is 0.935. The third kappa shape index (κ3) is 9.05. The molecule has 0 aliphatic carbocycles. The van der Waals surface area contributed by atoms with E-state index in [0.717, 1.165) is 17.3 Å². The topological polar surface area (TPSA) is 43.1 Å². The molecular weight excluding hydrogens is 493 g/mol. The summed E-state index contributed by atoms with van der Waals surface area (Å²) in [7, 11) is 0. The third-order valence-corrected chi connectivity index (χ3v) is 1.90. The highest BCUT2D eigenvalue weighted by Crippen LogP contribution is 2.59. The summed E-state index contributed by atoms with van der Waals surface area (Å²) in [5, 5.41) is 11.2. The lowest BCUT2D eigenvalue weighted by Gasteiger charge is -1.96. The Bertz CT molecular complexity index is 335. The number of halogens is 4. The van der Waals surface area contributed by atoms with Crippen LogP contribution in [0.2, 0.25) is 0 Å². The first-order chi connectivity index (χ1) is 7.47. The van der Waals surface area contributed by atoms with Gasteiger partial charge in [-0.15, -0.1) is 0 Å². The highest BCUT2D eigenvalue weighted by molar-refractivity contribution is 9.93. The van der Waals surface area contributed by atoms with Crippen molar-refractivity contribution in [2.45, 2.75) is 6.42 Å². The fraction of sp³-hybridized carbons (Fsp3) is 0.250. The summed E-state index contributed by atoms with van der Waals surface area (Å²) in [6.45, 7) is 0. The molecule has 3 nitrogen and oxygen atoms in total. The Balaban J connectivity index is 0.000000487. The van der Waals surface area contributed by atoms with Gasteiger partial charge in [0.1, 0.15) is 4.03 Å². The van der Waals surface area contributed by atoms with E-state index in [1.54, 1.807) is 12.1 Å². The number of aryl methyl sites for hydroxylation is 1. The molecule has 0 radical (unpaired) electrons. The minimum atomic E-state index is -0.377. The monoisotopic (exact) mass is 497 g/mol. The predicted octanol–water partition coefficient (Wildman–Crippen LogP) is 5.93. The van der Waals surface area contributed by atoms with Crippen molar-refractivity contribution in [3.63, 3.8) is 0 Å². The molecule has 1 rings (SSSR count). The van der Waals surface area contributed by atoms with Crippen molar-refractivity contribution in [2.24, 2.45) is 0 Å². The molecule has 0 heterocycles. The van der Waals surface area contributed by atoms with Crippen molar-refractivity contribution < 1.29 is 4.92 Å². The lowest BCUT2D eigenvalue weighted by atomic mass is 10.1. The third-order valence-electron chi connectivity index (χ3n) is 1.50. The molecule has 1 aromatic carbocycles. The molecular formula is C8H8Br4NO2P. The maximum atomic E-state index is 10.4. The Labute approximate surface area is 128 Å². The summed E-state index contributed by atoms with van der Waals surface area (Å²) in [4.78, 5) is 9.97. The van der Waals surface area contributed by atoms with Crippen LogP contribution in [0.15, 0.2) is 24.3 Å². The maximum Gasteiger partial charge on any atom is 0.269 e. The molecule has 1 aromatic rings. The fourth-order valence-corrected chi connectivity index (χ4v) is 1.39. The molecule has 0 N–H and O–H groups in total. The molecule has 0 aromatic heterocycles. The number of alkyl halides is 1. The maximum absolute atomic E-state index is 10.4. The SMILES string of the molecule is BrP(Br)Br.O=[N+]([O-])c1cccc(CCBr)c1. The highest BCUT2D eigenvalue weighted by Gasteiger charge is 2.04. The Kier molecular flexibility index (Phi) is 10.5. The molecule has 0 unspecified atom stereocenters. The van der Waals surface area contributed by atoms with Gasteiger partial charge in [-0.25, -0.2) is 0 Å². The van der Waals surface area contributed by atoms with Crippen molar-refractivity contribution in [1.29, 1.82) is 0 Å². The lowest BCUT2D eigenvalue weighted by Crippen LogP contribution is -1.90. The van der Waals surface area contributed by atoms with E-state index in [1.165, 1.54) is 6.07 Å². The van der Waals surface area contributed by atoms with Crippen LogP contribution >= 0.6 is 66.4 Å². The highest BCUT2D eigenvalue weighted by atomic mass is 80.0. The summed E-state index contributed by atoms with van der Waals surface area (Å²) >= 11 is 12.8. The summed E-state index contributed by atoms with van der Waals surface area (Å²) in [5.74, 6) is 0. The van der Waals surface area contributed by atoms with E-state index in [2.05, 4.69) is 62.4 Å². The van der Waals surface area contributed by atoms with Gasteiger partial charge in [-0.05, 0) is 58.5 Å². The molecule has 0 saturated heterocycles. The van der Waals surface area contributed by atoms with E-state index < -0.39 is 0 Å². The number of hydrogen-bond acceptors (Lipinski definition) is 2. The molecule has 0 bridgehead atoms. The van der Waals surface area contributed by atoms with E-state index in [1.807, 2.05) is 6.07 Å². The van der Waals surface area contributed by atoms with Crippen LogP contribution in [0.3, 0.4) is 0 Å². The molecule has 0 atom stereocenters. The summed E-state index contributed by atoms with van der Waals surface area (Å²) in [5.41, 5.74) is 1.15. The first-order valence-corrected chi connectivity index (χ1v) is 12.6. The predicted molar refractivity (Wildman–Crippen MR) is 84.3 cm³/mol. The number of rotatable bonds is 3. The zero-order valence-corrected chi connectivity index (χ0v) is 15.2. The molecule has 0 aliphatic heterocycles. The van der Waals surface area contributed by atoms with Gasteiger partial charge in [0.15, 0.2) is 0 Å². The van der Waals surface area contributed by atoms with Crippen LogP contribution in [0, 0.1) is 10.1 Å². The minimum Gasteiger partial charge on any atom is -0.258 e. The van der Waals surface area contributed by atoms with Gasteiger partial charge in [0, 0.05) is 17.5 Å². The Morgan fingerprint density at radius 3 is 2.31 bits per heavy atom. The normalized spacial score (nSPS) is 9.56. The number of hydrogen-bond donors (Lipinski definition) is 0. The van der Waals surface area contributed by atoms with Crippen LogP contribution in [-0.4, -0.2) is 10.3 Å². The number of nitrogens with zero attached hydrogens (tertiary/aromatic N) is 1. The molecule has 0 aliphatic rings. The van der Waals surface area contributed by atoms with Gasteiger partial charge in [-0.3, -0.25) is 10.1 Å². The van der Waals surface area contributed by atoms with E-state index >= 15 is 0 Å². The molecule has 0 fully saturated rings. The molecule has 8 heteroatoms. The zero-order valence-electron chi connectivity index (χ0n) is 7.95. The van der Waals surface area contributed by atoms with Gasteiger partial charge in [0.05, 0.1) is 4.92 Å². The van der Waals surface area contributed by atoms with Crippen LogP contribution in [-0.2, 0) is 6.42 Å². The van der Waals surface area contributed by atoms with Crippen molar-refractivity contribution in [3.05, 3.63) is 39.9 Å². The Hall–Kier alpha value is 0.970. The number of benzene rings is 1. The number of nitro groups is 1. The summed E-state index contributed by atoms with van der Waals surface area (Å²) < 4.78 is -0.183. The average molecular weight is 501 g/mol. The standard InChI is InChI=1S/C8H8BrNO2.Br3P/c9-5-4-7-2-1-3-8(6-7)10(11)12;1-4(2)3/h1-3,6H,4-5H2;. The van der Waals surface area contributed by atoms with Gasteiger partial charge in [0.2, 0.25) is 0 Å². The summed E-state index contributed by atoms with van der Waals surface area (Å²) in [6.07, 6.45) is 0.821. The lowest BCUT2D eigenvalue weighted by molar-refractivity contribution is -0.384. The van der Waals surface area contributed by atoms with Crippen LogP contribution in [0.5, 0.6) is 0 Å². The van der Waals surface area contributed by atoms with Gasteiger partial charge in [0.25, 0.3) is 5.69 Å². The van der Waals surface area contributed by atoms with Crippen molar-refractivity contribution >= 4 is 72.1 Å². The molecule has 0 amide bonds. The van der Waals surface area contributed by atoms with Gasteiger partial charge in [-0.2, -0.15) is 0 Å². The van der Waals surface area contributed by atoms with E-state index in [-0.39, 0.29) is 14.6 Å². The molecule has 0 spiro atoms. The largest absolute Gasteiger partial charge is 0.269 e. The molecule has 0 saturated carbocycles. The van der Waals surface area contributed by atoms with Gasteiger partial charge >= 0.3 is 0 Å². The van der Waals surface area contributed by atoms with E-state index in [9.17, 15) is 10.1 Å². The first kappa shape index (κ1) is 17.0. The van der Waals surface area contributed by atoms with Crippen LogP contribution in [0.25, 0.3) is 0 Å². The van der Waals surface area contributed by atoms with Crippen LogP contribution in [0.4, 0.5) is 5.69 Å². The van der Waals surface area contributed by atoms with Crippen molar-refractivity contribution in [2.75, 3.05) is 5.33 Å². The summed E-state index contributed by atoms with van der Waals surface area (Å²) in [6, 6.07) is 6.68. The Morgan fingerprint density at radius 1 is 1.31 bits per heavy atom. The smallest absolute Gasteiger partial charge is 0.258 e. The van der Waals surface area contributed by atoms with Gasteiger partial charge in [-0.1, -0.05) is 28.1 Å².